The first kappa shape index (κ1) is 14.5. The minimum absolute atomic E-state index is 0.778. The van der Waals surface area contributed by atoms with Crippen molar-refractivity contribution >= 4 is 15.9 Å². The van der Waals surface area contributed by atoms with E-state index >= 15 is 0 Å². The van der Waals surface area contributed by atoms with Gasteiger partial charge >= 0.3 is 0 Å². The Morgan fingerprint density at radius 2 is 2.12 bits per heavy atom. The molecule has 0 aliphatic carbocycles. The molecule has 0 amide bonds. The summed E-state index contributed by atoms with van der Waals surface area (Å²) in [6.07, 6.45) is 4.62. The van der Waals surface area contributed by atoms with Crippen molar-refractivity contribution in [3.8, 4) is 5.75 Å². The SMILES string of the molecule is CCCOc1ccc(CCCCNC)cc1Br. The molecule has 0 saturated carbocycles. The number of aryl methyl sites for hydroxylation is 1. The van der Waals surface area contributed by atoms with E-state index in [1.807, 2.05) is 7.05 Å². The minimum atomic E-state index is 0.778. The molecule has 0 aliphatic rings. The largest absolute Gasteiger partial charge is 0.492 e. The Kier molecular flexibility index (Phi) is 7.29. The van der Waals surface area contributed by atoms with E-state index < -0.39 is 0 Å². The second-order valence-corrected chi connectivity index (χ2v) is 5.03. The van der Waals surface area contributed by atoms with Crippen molar-refractivity contribution in [1.82, 2.24) is 5.32 Å². The van der Waals surface area contributed by atoms with Gasteiger partial charge in [0.25, 0.3) is 0 Å². The van der Waals surface area contributed by atoms with Crippen molar-refractivity contribution in [1.29, 1.82) is 0 Å². The Morgan fingerprint density at radius 1 is 1.29 bits per heavy atom. The number of hydrogen-bond donors (Lipinski definition) is 1. The van der Waals surface area contributed by atoms with Crippen molar-refractivity contribution in [3.63, 3.8) is 0 Å². The smallest absolute Gasteiger partial charge is 0.133 e. The first-order valence-corrected chi connectivity index (χ1v) is 7.13. The van der Waals surface area contributed by atoms with E-state index in [0.717, 1.165) is 36.2 Å². The van der Waals surface area contributed by atoms with Crippen LogP contribution in [0, 0.1) is 0 Å². The van der Waals surface area contributed by atoms with E-state index in [2.05, 4.69) is 46.4 Å². The van der Waals surface area contributed by atoms with Crippen LogP contribution in [-0.2, 0) is 6.42 Å². The molecule has 0 aromatic heterocycles. The Hall–Kier alpha value is -0.540. The topological polar surface area (TPSA) is 21.3 Å². The van der Waals surface area contributed by atoms with Crippen LogP contribution in [0.5, 0.6) is 5.75 Å². The van der Waals surface area contributed by atoms with Crippen molar-refractivity contribution in [2.24, 2.45) is 0 Å². The summed E-state index contributed by atoms with van der Waals surface area (Å²) < 4.78 is 6.69. The summed E-state index contributed by atoms with van der Waals surface area (Å²) in [5, 5.41) is 3.17. The molecule has 17 heavy (non-hydrogen) atoms. The van der Waals surface area contributed by atoms with Gasteiger partial charge in [-0.15, -0.1) is 0 Å². The molecule has 0 radical (unpaired) electrons. The van der Waals surface area contributed by atoms with Gasteiger partial charge in [0.05, 0.1) is 11.1 Å². The molecule has 96 valence electrons. The summed E-state index contributed by atoms with van der Waals surface area (Å²) in [6, 6.07) is 6.40. The zero-order valence-corrected chi connectivity index (χ0v) is 12.3. The fraction of sp³-hybridized carbons (Fsp3) is 0.571. The number of unbranched alkanes of at least 4 members (excludes halogenated alkanes) is 1. The molecule has 0 bridgehead atoms. The molecule has 1 N–H and O–H groups in total. The molecular formula is C14H22BrNO. The quantitative estimate of drug-likeness (QED) is 0.738. The lowest BCUT2D eigenvalue weighted by molar-refractivity contribution is 0.315. The Bertz CT molecular complexity index is 328. The van der Waals surface area contributed by atoms with Gasteiger partial charge in [-0.05, 0) is 72.9 Å². The van der Waals surface area contributed by atoms with Crippen molar-refractivity contribution < 1.29 is 4.74 Å². The zero-order valence-electron chi connectivity index (χ0n) is 10.8. The molecule has 0 saturated heterocycles. The molecular weight excluding hydrogens is 278 g/mol. The van der Waals surface area contributed by atoms with E-state index in [4.69, 9.17) is 4.74 Å². The van der Waals surface area contributed by atoms with E-state index in [9.17, 15) is 0 Å². The fourth-order valence-electron chi connectivity index (χ4n) is 1.66. The maximum absolute atomic E-state index is 5.63. The lowest BCUT2D eigenvalue weighted by Crippen LogP contribution is -2.07. The second-order valence-electron chi connectivity index (χ2n) is 4.17. The lowest BCUT2D eigenvalue weighted by Gasteiger charge is -2.09. The predicted octanol–water partition coefficient (Wildman–Crippen LogP) is 3.78. The van der Waals surface area contributed by atoms with E-state index in [-0.39, 0.29) is 0 Å². The van der Waals surface area contributed by atoms with Crippen LogP contribution in [0.3, 0.4) is 0 Å². The molecule has 1 aromatic rings. The predicted molar refractivity (Wildman–Crippen MR) is 76.8 cm³/mol. The van der Waals surface area contributed by atoms with Gasteiger partial charge in [0, 0.05) is 0 Å². The highest BCUT2D eigenvalue weighted by Gasteiger charge is 2.02. The van der Waals surface area contributed by atoms with Gasteiger partial charge in [0.15, 0.2) is 0 Å². The van der Waals surface area contributed by atoms with Crippen LogP contribution < -0.4 is 10.1 Å². The normalized spacial score (nSPS) is 10.5. The van der Waals surface area contributed by atoms with Crippen LogP contribution >= 0.6 is 15.9 Å². The monoisotopic (exact) mass is 299 g/mol. The first-order chi connectivity index (χ1) is 8.27. The Labute approximate surface area is 113 Å². The molecule has 0 spiro atoms. The van der Waals surface area contributed by atoms with Crippen LogP contribution in [0.15, 0.2) is 22.7 Å². The summed E-state index contributed by atoms with van der Waals surface area (Å²) in [5.74, 6) is 0.950. The van der Waals surface area contributed by atoms with Gasteiger partial charge in [-0.3, -0.25) is 0 Å². The molecule has 0 unspecified atom stereocenters. The molecule has 1 rings (SSSR count). The first-order valence-electron chi connectivity index (χ1n) is 6.33. The van der Waals surface area contributed by atoms with Crippen molar-refractivity contribution in [2.45, 2.75) is 32.6 Å². The lowest BCUT2D eigenvalue weighted by atomic mass is 10.1. The molecule has 0 heterocycles. The standard InChI is InChI=1S/C14H22BrNO/c1-3-10-17-14-8-7-12(11-13(14)15)6-4-5-9-16-2/h7-8,11,16H,3-6,9-10H2,1-2H3. The number of hydrogen-bond acceptors (Lipinski definition) is 2. The van der Waals surface area contributed by atoms with Crippen LogP contribution in [0.1, 0.15) is 31.7 Å². The summed E-state index contributed by atoms with van der Waals surface area (Å²) in [6.45, 7) is 3.99. The van der Waals surface area contributed by atoms with Gasteiger partial charge in [-0.1, -0.05) is 13.0 Å². The third kappa shape index (κ3) is 5.55. The van der Waals surface area contributed by atoms with Gasteiger partial charge in [0.1, 0.15) is 5.75 Å². The second kappa shape index (κ2) is 8.54. The van der Waals surface area contributed by atoms with Crippen LogP contribution in [0.2, 0.25) is 0 Å². The van der Waals surface area contributed by atoms with Gasteiger partial charge in [-0.25, -0.2) is 0 Å². The number of ether oxygens (including phenoxy) is 1. The Morgan fingerprint density at radius 3 is 2.76 bits per heavy atom. The number of nitrogens with one attached hydrogen (secondary N) is 1. The van der Waals surface area contributed by atoms with Crippen LogP contribution in [0.25, 0.3) is 0 Å². The minimum Gasteiger partial charge on any atom is -0.492 e. The van der Waals surface area contributed by atoms with Gasteiger partial charge in [-0.2, -0.15) is 0 Å². The van der Waals surface area contributed by atoms with Crippen molar-refractivity contribution in [2.75, 3.05) is 20.2 Å². The highest BCUT2D eigenvalue weighted by Crippen LogP contribution is 2.26. The highest BCUT2D eigenvalue weighted by molar-refractivity contribution is 9.10. The number of halogens is 1. The fourth-order valence-corrected chi connectivity index (χ4v) is 2.20. The third-order valence-corrected chi connectivity index (χ3v) is 3.22. The maximum Gasteiger partial charge on any atom is 0.133 e. The number of rotatable bonds is 8. The highest BCUT2D eigenvalue weighted by atomic mass is 79.9. The van der Waals surface area contributed by atoms with E-state index in [1.54, 1.807) is 0 Å². The summed E-state index contributed by atoms with van der Waals surface area (Å²) in [5.41, 5.74) is 1.37. The summed E-state index contributed by atoms with van der Waals surface area (Å²) in [7, 11) is 2.00. The molecule has 1 aromatic carbocycles. The average Bonchev–Trinajstić information content (AvgIpc) is 2.34. The molecule has 0 fully saturated rings. The van der Waals surface area contributed by atoms with Gasteiger partial charge < -0.3 is 10.1 Å². The zero-order chi connectivity index (χ0) is 12.5. The molecule has 0 atom stereocenters. The third-order valence-electron chi connectivity index (χ3n) is 2.60. The van der Waals surface area contributed by atoms with Crippen LogP contribution in [-0.4, -0.2) is 20.2 Å². The maximum atomic E-state index is 5.63. The van der Waals surface area contributed by atoms with E-state index in [1.165, 1.54) is 18.4 Å². The van der Waals surface area contributed by atoms with Crippen LogP contribution in [0.4, 0.5) is 0 Å². The number of benzene rings is 1. The molecule has 2 nitrogen and oxygen atoms in total. The van der Waals surface area contributed by atoms with Crippen molar-refractivity contribution in [3.05, 3.63) is 28.2 Å². The Balaban J connectivity index is 2.44. The summed E-state index contributed by atoms with van der Waals surface area (Å²) >= 11 is 3.56. The van der Waals surface area contributed by atoms with E-state index in [0.29, 0.717) is 0 Å². The summed E-state index contributed by atoms with van der Waals surface area (Å²) in [4.78, 5) is 0. The molecule has 0 aliphatic heterocycles. The average molecular weight is 300 g/mol. The molecule has 3 heteroatoms. The van der Waals surface area contributed by atoms with Gasteiger partial charge in [0.2, 0.25) is 0 Å².